The van der Waals surface area contributed by atoms with Crippen LogP contribution in [-0.2, 0) is 13.0 Å². The first kappa shape index (κ1) is 13.0. The summed E-state index contributed by atoms with van der Waals surface area (Å²) in [6.45, 7) is 0.519. The summed E-state index contributed by atoms with van der Waals surface area (Å²) in [7, 11) is 0. The highest BCUT2D eigenvalue weighted by Crippen LogP contribution is 2.25. The molecular weight excluding hydrogens is 264 g/mol. The lowest BCUT2D eigenvalue weighted by Crippen LogP contribution is -1.97. The van der Waals surface area contributed by atoms with E-state index in [2.05, 4.69) is 58.9 Å². The Labute approximate surface area is 122 Å². The summed E-state index contributed by atoms with van der Waals surface area (Å²) in [5.41, 5.74) is 10.5. The number of hydrogen-bond acceptors (Lipinski definition) is 3. The highest BCUT2D eigenvalue weighted by molar-refractivity contribution is 7.09. The molecule has 0 unspecified atom stereocenters. The van der Waals surface area contributed by atoms with Crippen LogP contribution in [0.4, 0.5) is 0 Å². The van der Waals surface area contributed by atoms with E-state index < -0.39 is 0 Å². The third-order valence-corrected chi connectivity index (χ3v) is 4.17. The molecule has 3 aromatic rings. The van der Waals surface area contributed by atoms with Crippen molar-refractivity contribution < 1.29 is 0 Å². The topological polar surface area (TPSA) is 38.9 Å². The molecule has 0 saturated heterocycles. The van der Waals surface area contributed by atoms with Gasteiger partial charge in [-0.05, 0) is 16.7 Å². The summed E-state index contributed by atoms with van der Waals surface area (Å²) >= 11 is 1.63. The van der Waals surface area contributed by atoms with Gasteiger partial charge in [0.25, 0.3) is 0 Å². The van der Waals surface area contributed by atoms with Gasteiger partial charge >= 0.3 is 0 Å². The normalized spacial score (nSPS) is 10.7. The average Bonchev–Trinajstić information content (AvgIpc) is 2.96. The van der Waals surface area contributed by atoms with E-state index in [1.807, 2.05) is 6.07 Å². The Bertz CT molecular complexity index is 689. The first-order valence-corrected chi connectivity index (χ1v) is 7.51. The largest absolute Gasteiger partial charge is 0.325 e. The molecule has 2 aromatic carbocycles. The molecule has 0 atom stereocenters. The molecule has 3 heteroatoms. The number of thiazole rings is 1. The molecule has 1 heterocycles. The van der Waals surface area contributed by atoms with Crippen molar-refractivity contribution in [3.05, 3.63) is 76.2 Å². The van der Waals surface area contributed by atoms with Crippen LogP contribution in [0.15, 0.2) is 60.0 Å². The van der Waals surface area contributed by atoms with Crippen molar-refractivity contribution in [1.29, 1.82) is 0 Å². The molecule has 0 aliphatic carbocycles. The molecule has 100 valence electrons. The van der Waals surface area contributed by atoms with E-state index in [0.29, 0.717) is 6.54 Å². The number of nitrogens with two attached hydrogens (primary N) is 1. The fraction of sp³-hybridized carbons (Fsp3) is 0.118. The number of rotatable bonds is 4. The van der Waals surface area contributed by atoms with Gasteiger partial charge in [0.05, 0.1) is 5.69 Å². The molecule has 0 amide bonds. The summed E-state index contributed by atoms with van der Waals surface area (Å²) in [4.78, 5) is 4.55. The second kappa shape index (κ2) is 5.99. The number of benzene rings is 2. The summed E-state index contributed by atoms with van der Waals surface area (Å²) in [6.07, 6.45) is 0.849. The van der Waals surface area contributed by atoms with E-state index >= 15 is 0 Å². The minimum atomic E-state index is 0.519. The molecular formula is C17H16N2S. The van der Waals surface area contributed by atoms with Crippen LogP contribution in [0.25, 0.3) is 11.1 Å². The SMILES string of the molecule is NCc1nc(Cc2ccccc2-c2ccccc2)cs1. The van der Waals surface area contributed by atoms with Gasteiger partial charge in [-0.2, -0.15) is 0 Å². The van der Waals surface area contributed by atoms with Gasteiger partial charge in [0.1, 0.15) is 5.01 Å². The van der Waals surface area contributed by atoms with Gasteiger partial charge in [-0.1, -0.05) is 54.6 Å². The first-order valence-electron chi connectivity index (χ1n) is 6.63. The van der Waals surface area contributed by atoms with Gasteiger partial charge in [0, 0.05) is 18.3 Å². The van der Waals surface area contributed by atoms with Gasteiger partial charge in [0.15, 0.2) is 0 Å². The molecule has 0 bridgehead atoms. The predicted octanol–water partition coefficient (Wildman–Crippen LogP) is 3.86. The van der Waals surface area contributed by atoms with E-state index in [-0.39, 0.29) is 0 Å². The smallest absolute Gasteiger partial charge is 0.106 e. The number of nitrogens with zero attached hydrogens (tertiary/aromatic N) is 1. The van der Waals surface area contributed by atoms with Crippen LogP contribution in [0, 0.1) is 0 Å². The third-order valence-electron chi connectivity index (χ3n) is 3.25. The predicted molar refractivity (Wildman–Crippen MR) is 84.7 cm³/mol. The van der Waals surface area contributed by atoms with E-state index in [9.17, 15) is 0 Å². The number of hydrogen-bond donors (Lipinski definition) is 1. The fourth-order valence-corrected chi connectivity index (χ4v) is 2.97. The van der Waals surface area contributed by atoms with Gasteiger partial charge in [-0.25, -0.2) is 4.98 Å². The molecule has 2 N–H and O–H groups in total. The molecule has 0 aliphatic rings. The van der Waals surface area contributed by atoms with Crippen LogP contribution in [0.5, 0.6) is 0 Å². The van der Waals surface area contributed by atoms with Crippen molar-refractivity contribution in [2.24, 2.45) is 5.73 Å². The molecule has 0 radical (unpaired) electrons. The molecule has 0 spiro atoms. The lowest BCUT2D eigenvalue weighted by molar-refractivity contribution is 0.995. The maximum Gasteiger partial charge on any atom is 0.106 e. The zero-order valence-electron chi connectivity index (χ0n) is 11.1. The fourth-order valence-electron chi connectivity index (χ4n) is 2.29. The Hall–Kier alpha value is -1.97. The summed E-state index contributed by atoms with van der Waals surface area (Å²) in [5.74, 6) is 0. The van der Waals surface area contributed by atoms with E-state index in [1.165, 1.54) is 16.7 Å². The van der Waals surface area contributed by atoms with Crippen molar-refractivity contribution in [2.45, 2.75) is 13.0 Å². The summed E-state index contributed by atoms with van der Waals surface area (Å²) in [6, 6.07) is 19.0. The lowest BCUT2D eigenvalue weighted by atomic mass is 9.97. The van der Waals surface area contributed by atoms with Crippen molar-refractivity contribution in [3.63, 3.8) is 0 Å². The van der Waals surface area contributed by atoms with Crippen LogP contribution in [0.3, 0.4) is 0 Å². The van der Waals surface area contributed by atoms with Crippen LogP contribution in [0.1, 0.15) is 16.3 Å². The molecule has 3 rings (SSSR count). The summed E-state index contributed by atoms with van der Waals surface area (Å²) < 4.78 is 0. The average molecular weight is 280 g/mol. The monoisotopic (exact) mass is 280 g/mol. The minimum Gasteiger partial charge on any atom is -0.325 e. The van der Waals surface area contributed by atoms with E-state index in [0.717, 1.165) is 17.1 Å². The van der Waals surface area contributed by atoms with Crippen molar-refractivity contribution in [2.75, 3.05) is 0 Å². The molecule has 0 saturated carbocycles. The Morgan fingerprint density at radius 1 is 0.950 bits per heavy atom. The van der Waals surface area contributed by atoms with Gasteiger partial charge in [-0.3, -0.25) is 0 Å². The Balaban J connectivity index is 1.94. The highest BCUT2D eigenvalue weighted by Gasteiger charge is 2.07. The Kier molecular flexibility index (Phi) is 3.90. The zero-order valence-corrected chi connectivity index (χ0v) is 11.9. The molecule has 0 aliphatic heterocycles. The molecule has 1 aromatic heterocycles. The minimum absolute atomic E-state index is 0.519. The summed E-state index contributed by atoms with van der Waals surface area (Å²) in [5, 5.41) is 3.10. The first-order chi connectivity index (χ1) is 9.86. The van der Waals surface area contributed by atoms with Crippen molar-refractivity contribution >= 4 is 11.3 Å². The van der Waals surface area contributed by atoms with Gasteiger partial charge in [-0.15, -0.1) is 11.3 Å². The van der Waals surface area contributed by atoms with E-state index in [1.54, 1.807) is 11.3 Å². The van der Waals surface area contributed by atoms with Crippen LogP contribution >= 0.6 is 11.3 Å². The molecule has 2 nitrogen and oxygen atoms in total. The second-order valence-corrected chi connectivity index (χ2v) is 5.58. The third kappa shape index (κ3) is 2.79. The second-order valence-electron chi connectivity index (χ2n) is 4.64. The Morgan fingerprint density at radius 3 is 2.45 bits per heavy atom. The number of aromatic nitrogens is 1. The lowest BCUT2D eigenvalue weighted by Gasteiger charge is -2.08. The standard InChI is InChI=1S/C17H16N2S/c18-11-17-19-15(12-20-17)10-14-8-4-5-9-16(14)13-6-2-1-3-7-13/h1-9,12H,10-11,18H2. The molecule has 20 heavy (non-hydrogen) atoms. The van der Waals surface area contributed by atoms with Crippen LogP contribution < -0.4 is 5.73 Å². The van der Waals surface area contributed by atoms with Crippen molar-refractivity contribution in [1.82, 2.24) is 4.98 Å². The highest BCUT2D eigenvalue weighted by atomic mass is 32.1. The maximum absolute atomic E-state index is 5.63. The van der Waals surface area contributed by atoms with E-state index in [4.69, 9.17) is 5.73 Å². The zero-order chi connectivity index (χ0) is 13.8. The van der Waals surface area contributed by atoms with Crippen LogP contribution in [0.2, 0.25) is 0 Å². The quantitative estimate of drug-likeness (QED) is 0.788. The van der Waals surface area contributed by atoms with Crippen molar-refractivity contribution in [3.8, 4) is 11.1 Å². The molecule has 0 fully saturated rings. The maximum atomic E-state index is 5.63. The van der Waals surface area contributed by atoms with Crippen LogP contribution in [-0.4, -0.2) is 4.98 Å². The van der Waals surface area contributed by atoms with Gasteiger partial charge < -0.3 is 5.73 Å². The van der Waals surface area contributed by atoms with Gasteiger partial charge in [0.2, 0.25) is 0 Å². The Morgan fingerprint density at radius 2 is 1.70 bits per heavy atom.